The monoisotopic (exact) mass is 210 g/mol. The fraction of sp³-hybridized carbons (Fsp3) is 0.111. The molecule has 0 radical (unpaired) electrons. The zero-order chi connectivity index (χ0) is 10.1. The lowest BCUT2D eigenvalue weighted by molar-refractivity contribution is -0.131. The Balaban J connectivity index is 2.50. The molecule has 5 heteroatoms. The SMILES string of the molecule is CC(=O)Oc1ccc2oc(=S)oc2c1. The van der Waals surface area contributed by atoms with Gasteiger partial charge >= 0.3 is 10.9 Å². The number of esters is 1. The molecule has 72 valence electrons. The minimum absolute atomic E-state index is 0.0555. The number of ether oxygens (including phenoxy) is 1. The molecule has 0 saturated heterocycles. The normalized spacial score (nSPS) is 10.4. The molecule has 0 aliphatic heterocycles. The summed E-state index contributed by atoms with van der Waals surface area (Å²) in [5.41, 5.74) is 1.000. The first-order valence-electron chi connectivity index (χ1n) is 3.87. The summed E-state index contributed by atoms with van der Waals surface area (Å²) in [4.78, 5) is 10.7. The Kier molecular flexibility index (Phi) is 2.09. The number of benzene rings is 1. The quantitative estimate of drug-likeness (QED) is 0.411. The predicted molar refractivity (Wildman–Crippen MR) is 50.6 cm³/mol. The summed E-state index contributed by atoms with van der Waals surface area (Å²) >= 11 is 4.70. The fourth-order valence-electron chi connectivity index (χ4n) is 1.08. The molecule has 0 atom stereocenters. The Morgan fingerprint density at radius 3 is 2.79 bits per heavy atom. The maximum atomic E-state index is 10.7. The predicted octanol–water partition coefficient (Wildman–Crippen LogP) is 2.68. The second kappa shape index (κ2) is 3.26. The van der Waals surface area contributed by atoms with E-state index in [1.54, 1.807) is 18.2 Å². The van der Waals surface area contributed by atoms with Crippen LogP contribution in [0.3, 0.4) is 0 Å². The van der Waals surface area contributed by atoms with Crippen molar-refractivity contribution in [2.75, 3.05) is 0 Å². The lowest BCUT2D eigenvalue weighted by Crippen LogP contribution is -2.00. The van der Waals surface area contributed by atoms with E-state index in [-0.39, 0.29) is 10.9 Å². The van der Waals surface area contributed by atoms with E-state index in [1.165, 1.54) is 6.92 Å². The number of carbonyl (C=O) groups excluding carboxylic acids is 1. The van der Waals surface area contributed by atoms with Gasteiger partial charge in [-0.25, -0.2) is 0 Å². The number of fused-ring (bicyclic) bond motifs is 1. The van der Waals surface area contributed by atoms with Crippen LogP contribution in [0.15, 0.2) is 27.0 Å². The fourth-order valence-corrected chi connectivity index (χ4v) is 1.26. The van der Waals surface area contributed by atoms with Gasteiger partial charge in [0.1, 0.15) is 5.75 Å². The van der Waals surface area contributed by atoms with E-state index < -0.39 is 0 Å². The molecule has 2 aromatic rings. The van der Waals surface area contributed by atoms with Gasteiger partial charge in [0.25, 0.3) is 0 Å². The largest absolute Gasteiger partial charge is 0.427 e. The summed E-state index contributed by atoms with van der Waals surface area (Å²) in [7, 11) is 0. The second-order valence-electron chi connectivity index (χ2n) is 2.66. The van der Waals surface area contributed by atoms with Crippen molar-refractivity contribution in [3.05, 3.63) is 23.1 Å². The highest BCUT2D eigenvalue weighted by Crippen LogP contribution is 2.22. The number of rotatable bonds is 1. The zero-order valence-electron chi connectivity index (χ0n) is 7.27. The van der Waals surface area contributed by atoms with Crippen LogP contribution >= 0.6 is 12.2 Å². The highest BCUT2D eigenvalue weighted by Gasteiger charge is 2.04. The molecular weight excluding hydrogens is 204 g/mol. The molecule has 1 aromatic heterocycles. The maximum Gasteiger partial charge on any atom is 0.363 e. The van der Waals surface area contributed by atoms with Crippen LogP contribution in [0.2, 0.25) is 0 Å². The van der Waals surface area contributed by atoms with Gasteiger partial charge in [-0.15, -0.1) is 0 Å². The molecule has 1 heterocycles. The number of hydrogen-bond donors (Lipinski definition) is 0. The van der Waals surface area contributed by atoms with Gasteiger partial charge in [0.15, 0.2) is 11.2 Å². The summed E-state index contributed by atoms with van der Waals surface area (Å²) < 4.78 is 14.9. The minimum Gasteiger partial charge on any atom is -0.427 e. The van der Waals surface area contributed by atoms with E-state index in [4.69, 9.17) is 25.8 Å². The third kappa shape index (κ3) is 1.67. The van der Waals surface area contributed by atoms with Gasteiger partial charge in [-0.3, -0.25) is 4.79 Å². The van der Waals surface area contributed by atoms with Crippen LogP contribution < -0.4 is 4.74 Å². The van der Waals surface area contributed by atoms with Gasteiger partial charge in [0, 0.05) is 25.2 Å². The van der Waals surface area contributed by atoms with Crippen LogP contribution in [0, 0.1) is 4.90 Å². The first-order valence-corrected chi connectivity index (χ1v) is 4.28. The van der Waals surface area contributed by atoms with E-state index in [1.807, 2.05) is 0 Å². The average molecular weight is 210 g/mol. The van der Waals surface area contributed by atoms with Gasteiger partial charge in [-0.1, -0.05) is 0 Å². The molecular formula is C9H6O4S. The van der Waals surface area contributed by atoms with Crippen molar-refractivity contribution in [2.24, 2.45) is 0 Å². The standard InChI is InChI=1S/C9H6O4S/c1-5(10)11-6-2-3-7-8(4-6)13-9(14)12-7/h2-4H,1H3. The van der Waals surface area contributed by atoms with Crippen molar-refractivity contribution in [1.29, 1.82) is 0 Å². The zero-order valence-corrected chi connectivity index (χ0v) is 8.09. The van der Waals surface area contributed by atoms with E-state index in [9.17, 15) is 4.79 Å². The third-order valence-corrected chi connectivity index (χ3v) is 1.73. The molecule has 14 heavy (non-hydrogen) atoms. The van der Waals surface area contributed by atoms with Gasteiger partial charge in [-0.05, 0) is 12.1 Å². The molecule has 0 saturated carbocycles. The van der Waals surface area contributed by atoms with Crippen LogP contribution in [-0.4, -0.2) is 5.97 Å². The molecule has 0 aliphatic rings. The van der Waals surface area contributed by atoms with E-state index in [0.717, 1.165) is 0 Å². The average Bonchev–Trinajstić information content (AvgIpc) is 2.42. The van der Waals surface area contributed by atoms with Crippen LogP contribution in [-0.2, 0) is 4.79 Å². The Morgan fingerprint density at radius 1 is 1.36 bits per heavy atom. The second-order valence-corrected chi connectivity index (χ2v) is 2.99. The molecule has 2 rings (SSSR count). The molecule has 0 N–H and O–H groups in total. The van der Waals surface area contributed by atoms with Crippen molar-refractivity contribution in [1.82, 2.24) is 0 Å². The van der Waals surface area contributed by atoms with E-state index >= 15 is 0 Å². The molecule has 0 aliphatic carbocycles. The van der Waals surface area contributed by atoms with Gasteiger partial charge in [-0.2, -0.15) is 0 Å². The summed E-state index contributed by atoms with van der Waals surface area (Å²) in [6, 6.07) is 4.79. The summed E-state index contributed by atoms with van der Waals surface area (Å²) in [5.74, 6) is 0.0241. The molecule has 0 bridgehead atoms. The maximum absolute atomic E-state index is 10.7. The first kappa shape index (κ1) is 8.96. The van der Waals surface area contributed by atoms with Crippen LogP contribution in [0.5, 0.6) is 5.75 Å². The lowest BCUT2D eigenvalue weighted by Gasteiger charge is -1.98. The minimum atomic E-state index is -0.383. The molecule has 4 nitrogen and oxygen atoms in total. The molecule has 1 aromatic carbocycles. The Labute approximate surface area is 84.1 Å². The van der Waals surface area contributed by atoms with Crippen molar-refractivity contribution >= 4 is 29.4 Å². The van der Waals surface area contributed by atoms with Gasteiger partial charge in [0.05, 0.1) is 0 Å². The summed E-state index contributed by atoms with van der Waals surface area (Å²) in [6.45, 7) is 1.33. The molecule has 0 fully saturated rings. The van der Waals surface area contributed by atoms with E-state index in [2.05, 4.69) is 0 Å². The third-order valence-electron chi connectivity index (χ3n) is 1.56. The van der Waals surface area contributed by atoms with Crippen LogP contribution in [0.25, 0.3) is 11.2 Å². The van der Waals surface area contributed by atoms with Crippen molar-refractivity contribution in [3.8, 4) is 5.75 Å². The summed E-state index contributed by atoms with van der Waals surface area (Å²) in [5, 5.41) is 0. The lowest BCUT2D eigenvalue weighted by atomic mass is 10.3. The van der Waals surface area contributed by atoms with Crippen molar-refractivity contribution in [2.45, 2.75) is 6.92 Å². The number of hydrogen-bond acceptors (Lipinski definition) is 5. The van der Waals surface area contributed by atoms with Crippen LogP contribution in [0.4, 0.5) is 0 Å². The topological polar surface area (TPSA) is 52.6 Å². The van der Waals surface area contributed by atoms with Crippen molar-refractivity contribution < 1.29 is 18.4 Å². The molecule has 0 unspecified atom stereocenters. The molecule has 0 spiro atoms. The van der Waals surface area contributed by atoms with Crippen molar-refractivity contribution in [3.63, 3.8) is 0 Å². The Hall–Kier alpha value is -1.62. The van der Waals surface area contributed by atoms with E-state index in [0.29, 0.717) is 16.9 Å². The first-order chi connectivity index (χ1) is 6.65. The Bertz CT molecular complexity index is 537. The smallest absolute Gasteiger partial charge is 0.363 e. The Morgan fingerprint density at radius 2 is 2.07 bits per heavy atom. The highest BCUT2D eigenvalue weighted by atomic mass is 32.1. The molecule has 0 amide bonds. The number of carbonyl (C=O) groups is 1. The van der Waals surface area contributed by atoms with Gasteiger partial charge in [0.2, 0.25) is 0 Å². The van der Waals surface area contributed by atoms with Gasteiger partial charge < -0.3 is 13.6 Å². The highest BCUT2D eigenvalue weighted by molar-refractivity contribution is 7.71. The summed E-state index contributed by atoms with van der Waals surface area (Å²) in [6.07, 6.45) is 0. The van der Waals surface area contributed by atoms with Crippen LogP contribution in [0.1, 0.15) is 6.92 Å².